The minimum atomic E-state index is -0.336. The van der Waals surface area contributed by atoms with Gasteiger partial charge in [0, 0.05) is 26.2 Å². The zero-order chi connectivity index (χ0) is 41.1. The Bertz CT molecular complexity index is 2400. The number of aromatic amines is 2. The number of amides is 2. The Kier molecular flexibility index (Phi) is 11.3. The number of nitrogens with one attached hydrogen (secondary N) is 2. The van der Waals surface area contributed by atoms with Gasteiger partial charge in [-0.25, -0.2) is 9.97 Å². The largest absolute Gasteiger partial charge is 0.379 e. The van der Waals surface area contributed by atoms with Crippen LogP contribution in [0.4, 0.5) is 0 Å². The Hall–Kier alpha value is -5.88. The van der Waals surface area contributed by atoms with Crippen LogP contribution >= 0.6 is 0 Å². The van der Waals surface area contributed by atoms with E-state index in [0.717, 1.165) is 134 Å². The molecule has 4 aliphatic rings. The number of ether oxygens (including phenoxy) is 1. The first-order chi connectivity index (χ1) is 30.1. The quantitative estimate of drug-likeness (QED) is 0.135. The van der Waals surface area contributed by atoms with Crippen LogP contribution in [-0.4, -0.2) is 104 Å². The lowest BCUT2D eigenvalue weighted by Crippen LogP contribution is -2.47. The van der Waals surface area contributed by atoms with Crippen LogP contribution in [0.5, 0.6) is 0 Å². The number of hydrogen-bond acceptors (Lipinski definition) is 7. The number of likely N-dealkylation sites (tertiary alicyclic amines) is 3. The molecule has 0 radical (unpaired) electrons. The standard InChI is InChI=1S/C50H54N8O3/c59-49(45(55-25-7-8-26-55)39-11-3-1-4-12-39)57-27-9-15-43(57)47-51-33-41(53-47)37-21-17-35(18-22-37)36-19-23-38(24-20-36)42-34-52-48(54-42)44-16-10-28-58(44)50(60)46(40-13-5-2-6-14-40)56-29-31-61-32-30-56/h1-6,11-14,17-24,33-34,43-46H,7-10,15-16,25-32H2,(H,51,53)(H,52,54)/t43?,44-,45-,46+/m0/s1. The first-order valence-corrected chi connectivity index (χ1v) is 22.2. The number of hydrogen-bond donors (Lipinski definition) is 2. The summed E-state index contributed by atoms with van der Waals surface area (Å²) in [6.45, 7) is 6.12. The van der Waals surface area contributed by atoms with E-state index in [1.807, 2.05) is 53.7 Å². The highest BCUT2D eigenvalue weighted by molar-refractivity contribution is 5.85. The van der Waals surface area contributed by atoms with Crippen LogP contribution in [0, 0.1) is 0 Å². The average molecular weight is 815 g/mol. The molecule has 4 atom stereocenters. The highest BCUT2D eigenvalue weighted by Crippen LogP contribution is 2.38. The van der Waals surface area contributed by atoms with Crippen molar-refractivity contribution >= 4 is 11.8 Å². The second kappa shape index (κ2) is 17.6. The normalized spacial score (nSPS) is 20.9. The van der Waals surface area contributed by atoms with Crippen molar-refractivity contribution in [2.24, 2.45) is 0 Å². The van der Waals surface area contributed by atoms with E-state index in [1.54, 1.807) is 0 Å². The minimum Gasteiger partial charge on any atom is -0.379 e. The lowest BCUT2D eigenvalue weighted by atomic mass is 10.0. The first-order valence-electron chi connectivity index (χ1n) is 22.2. The molecule has 4 aliphatic heterocycles. The van der Waals surface area contributed by atoms with Crippen LogP contribution in [0.15, 0.2) is 122 Å². The maximum Gasteiger partial charge on any atom is 0.245 e. The zero-order valence-corrected chi connectivity index (χ0v) is 34.7. The molecule has 4 aromatic carbocycles. The van der Waals surface area contributed by atoms with Gasteiger partial charge in [-0.1, -0.05) is 109 Å². The van der Waals surface area contributed by atoms with Crippen LogP contribution < -0.4 is 0 Å². The molecular formula is C50H54N8O3. The number of benzene rings is 4. The fourth-order valence-electron chi connectivity index (χ4n) is 10.1. The van der Waals surface area contributed by atoms with Gasteiger partial charge in [-0.2, -0.15) is 0 Å². The molecule has 6 aromatic rings. The number of aromatic nitrogens is 4. The second-order valence-corrected chi connectivity index (χ2v) is 16.9. The molecule has 0 spiro atoms. The van der Waals surface area contributed by atoms with Gasteiger partial charge in [0.2, 0.25) is 11.8 Å². The Morgan fingerprint density at radius 3 is 1.36 bits per heavy atom. The molecule has 11 nitrogen and oxygen atoms in total. The van der Waals surface area contributed by atoms with Crippen molar-refractivity contribution in [2.45, 2.75) is 62.7 Å². The third kappa shape index (κ3) is 8.05. The highest BCUT2D eigenvalue weighted by atomic mass is 16.5. The van der Waals surface area contributed by atoms with E-state index in [4.69, 9.17) is 14.7 Å². The second-order valence-electron chi connectivity index (χ2n) is 16.9. The average Bonchev–Trinajstić information content (AvgIpc) is 4.18. The SMILES string of the molecule is O=C([C@H](c1ccccc1)N1CCCC1)N1CCCC1c1ncc(-c2ccc(-c3ccc(-c4cnc([C@@H]5CCCN5C(=O)[C@@H](c5ccccc5)N5CCOCC5)[nH]4)cc3)cc2)[nH]1. The van der Waals surface area contributed by atoms with E-state index in [2.05, 4.69) is 97.5 Å². The van der Waals surface area contributed by atoms with Gasteiger partial charge in [0.1, 0.15) is 23.7 Å². The van der Waals surface area contributed by atoms with E-state index in [1.165, 1.54) is 0 Å². The first kappa shape index (κ1) is 39.3. The maximum absolute atomic E-state index is 14.4. The van der Waals surface area contributed by atoms with Crippen LogP contribution in [0.25, 0.3) is 33.6 Å². The predicted octanol–water partition coefficient (Wildman–Crippen LogP) is 8.37. The van der Waals surface area contributed by atoms with Crippen LogP contribution in [0.1, 0.15) is 85.5 Å². The Morgan fingerprint density at radius 1 is 0.508 bits per heavy atom. The molecule has 2 aromatic heterocycles. The lowest BCUT2D eigenvalue weighted by Gasteiger charge is -2.37. The summed E-state index contributed by atoms with van der Waals surface area (Å²) in [6.07, 6.45) is 9.76. The van der Waals surface area contributed by atoms with Gasteiger partial charge in [0.25, 0.3) is 0 Å². The smallest absolute Gasteiger partial charge is 0.245 e. The summed E-state index contributed by atoms with van der Waals surface area (Å²) in [5.41, 5.74) is 8.32. The van der Waals surface area contributed by atoms with Gasteiger partial charge < -0.3 is 24.5 Å². The molecule has 2 N–H and O–H groups in total. The Morgan fingerprint density at radius 2 is 0.918 bits per heavy atom. The highest BCUT2D eigenvalue weighted by Gasteiger charge is 2.40. The molecule has 11 heteroatoms. The Balaban J connectivity index is 0.805. The van der Waals surface area contributed by atoms with Crippen molar-refractivity contribution in [1.29, 1.82) is 0 Å². The van der Waals surface area contributed by atoms with Gasteiger partial charge >= 0.3 is 0 Å². The molecule has 61 heavy (non-hydrogen) atoms. The third-order valence-corrected chi connectivity index (χ3v) is 13.2. The fraction of sp³-hybridized carbons (Fsp3) is 0.360. The number of imidazole rings is 2. The van der Waals surface area contributed by atoms with Gasteiger partial charge in [0.15, 0.2) is 0 Å². The van der Waals surface area contributed by atoms with Crippen molar-refractivity contribution in [3.63, 3.8) is 0 Å². The van der Waals surface area contributed by atoms with E-state index in [9.17, 15) is 9.59 Å². The summed E-state index contributed by atoms with van der Waals surface area (Å²) in [5, 5.41) is 0. The number of morpholine rings is 1. The predicted molar refractivity (Wildman–Crippen MR) is 236 cm³/mol. The summed E-state index contributed by atoms with van der Waals surface area (Å²) in [6, 6.07) is 36.8. The van der Waals surface area contributed by atoms with Crippen LogP contribution in [0.2, 0.25) is 0 Å². The summed E-state index contributed by atoms with van der Waals surface area (Å²) in [4.78, 5) is 54.2. The summed E-state index contributed by atoms with van der Waals surface area (Å²) in [5.74, 6) is 2.00. The van der Waals surface area contributed by atoms with Gasteiger partial charge in [-0.3, -0.25) is 19.4 Å². The summed E-state index contributed by atoms with van der Waals surface area (Å²) in [7, 11) is 0. The molecule has 0 bridgehead atoms. The van der Waals surface area contributed by atoms with E-state index >= 15 is 0 Å². The summed E-state index contributed by atoms with van der Waals surface area (Å²) < 4.78 is 5.63. The summed E-state index contributed by atoms with van der Waals surface area (Å²) >= 11 is 0. The van der Waals surface area contributed by atoms with Crippen molar-refractivity contribution in [2.75, 3.05) is 52.5 Å². The minimum absolute atomic E-state index is 0.0641. The van der Waals surface area contributed by atoms with Crippen molar-refractivity contribution < 1.29 is 14.3 Å². The van der Waals surface area contributed by atoms with Crippen LogP contribution in [-0.2, 0) is 14.3 Å². The molecule has 312 valence electrons. The zero-order valence-electron chi connectivity index (χ0n) is 34.7. The molecule has 6 heterocycles. The van der Waals surface area contributed by atoms with Gasteiger partial charge in [-0.05, 0) is 85.0 Å². The van der Waals surface area contributed by atoms with Crippen molar-refractivity contribution in [3.8, 4) is 33.6 Å². The lowest BCUT2D eigenvalue weighted by molar-refractivity contribution is -0.140. The monoisotopic (exact) mass is 814 g/mol. The molecule has 10 rings (SSSR count). The maximum atomic E-state index is 14.4. The number of H-pyrrole nitrogens is 2. The molecule has 2 amide bonds. The van der Waals surface area contributed by atoms with E-state index < -0.39 is 0 Å². The molecule has 1 unspecified atom stereocenters. The molecule has 4 saturated heterocycles. The number of rotatable bonds is 11. The fourth-order valence-corrected chi connectivity index (χ4v) is 10.1. The molecular weight excluding hydrogens is 761 g/mol. The number of carbonyl (C=O) groups excluding carboxylic acids is 2. The Labute approximate surface area is 357 Å². The molecule has 4 fully saturated rings. The number of carbonyl (C=O) groups is 2. The molecule has 0 aliphatic carbocycles. The van der Waals surface area contributed by atoms with Crippen molar-refractivity contribution in [1.82, 2.24) is 39.5 Å². The third-order valence-electron chi connectivity index (χ3n) is 13.2. The molecule has 0 saturated carbocycles. The van der Waals surface area contributed by atoms with Crippen molar-refractivity contribution in [3.05, 3.63) is 144 Å². The van der Waals surface area contributed by atoms with E-state index in [0.29, 0.717) is 13.2 Å². The number of nitrogens with zero attached hydrogens (tertiary/aromatic N) is 6. The van der Waals surface area contributed by atoms with Crippen LogP contribution in [0.3, 0.4) is 0 Å². The van der Waals surface area contributed by atoms with Gasteiger partial charge in [0.05, 0.1) is 49.1 Å². The van der Waals surface area contributed by atoms with E-state index in [-0.39, 0.29) is 36.0 Å². The topological polar surface area (TPSA) is 114 Å². The van der Waals surface area contributed by atoms with Gasteiger partial charge in [-0.15, -0.1) is 0 Å².